The number of anilines is 1. The van der Waals surface area contributed by atoms with Crippen molar-refractivity contribution in [1.82, 2.24) is 0 Å². The van der Waals surface area contributed by atoms with E-state index in [2.05, 4.69) is 0 Å². The fourth-order valence-electron chi connectivity index (χ4n) is 1.99. The average Bonchev–Trinajstić information content (AvgIpc) is 2.69. The van der Waals surface area contributed by atoms with Gasteiger partial charge >= 0.3 is 0 Å². The van der Waals surface area contributed by atoms with Crippen molar-refractivity contribution in [2.75, 3.05) is 17.5 Å². The summed E-state index contributed by atoms with van der Waals surface area (Å²) in [5, 5.41) is 10.9. The Kier molecular flexibility index (Phi) is 3.66. The lowest BCUT2D eigenvalue weighted by Crippen LogP contribution is -2.18. The summed E-state index contributed by atoms with van der Waals surface area (Å²) < 4.78 is 20.5. The molecule has 1 aliphatic rings. The third-order valence-corrected chi connectivity index (χ3v) is 4.14. The maximum Gasteiger partial charge on any atom is 0.270 e. The predicted molar refractivity (Wildman–Crippen MR) is 78.2 cm³/mol. The van der Waals surface area contributed by atoms with E-state index in [-0.39, 0.29) is 11.5 Å². The quantitative estimate of drug-likeness (QED) is 0.481. The van der Waals surface area contributed by atoms with Gasteiger partial charge in [0.05, 0.1) is 16.4 Å². The molecule has 0 aliphatic carbocycles. The zero-order valence-electron chi connectivity index (χ0n) is 10.9. The van der Waals surface area contributed by atoms with Crippen molar-refractivity contribution in [3.05, 3.63) is 58.4 Å². The summed E-state index contributed by atoms with van der Waals surface area (Å²) in [6, 6.07) is 10.6. The summed E-state index contributed by atoms with van der Waals surface area (Å²) in [7, 11) is 0. The maximum absolute atomic E-state index is 13.0. The molecule has 0 amide bonds. The molecule has 3 rings (SSSR count). The summed E-state index contributed by atoms with van der Waals surface area (Å²) in [5.41, 5.74) is 0.843. The molecule has 0 saturated carbocycles. The Morgan fingerprint density at radius 1 is 1.24 bits per heavy atom. The van der Waals surface area contributed by atoms with Crippen LogP contribution in [0, 0.1) is 15.9 Å². The van der Waals surface area contributed by atoms with Crippen molar-refractivity contribution in [1.29, 1.82) is 0 Å². The van der Waals surface area contributed by atoms with Gasteiger partial charge in [-0.2, -0.15) is 0 Å². The van der Waals surface area contributed by atoms with Crippen LogP contribution in [0.5, 0.6) is 5.75 Å². The zero-order chi connectivity index (χ0) is 14.8. The lowest BCUT2D eigenvalue weighted by atomic mass is 10.3. The van der Waals surface area contributed by atoms with Crippen LogP contribution in [0.1, 0.15) is 0 Å². The minimum atomic E-state index is -0.437. The molecule has 0 fully saturated rings. The highest BCUT2D eigenvalue weighted by atomic mass is 32.2. The van der Waals surface area contributed by atoms with Crippen LogP contribution >= 0.6 is 11.9 Å². The number of hydrogen-bond acceptors (Lipinski definition) is 5. The first-order valence-electron chi connectivity index (χ1n) is 6.26. The molecule has 0 bridgehead atoms. The van der Waals surface area contributed by atoms with Gasteiger partial charge in [0.15, 0.2) is 0 Å². The van der Waals surface area contributed by atoms with Crippen LogP contribution in [0.2, 0.25) is 0 Å². The minimum Gasteiger partial charge on any atom is -0.490 e. The first-order chi connectivity index (χ1) is 10.1. The molecule has 1 heterocycles. The molecule has 0 N–H and O–H groups in total. The number of nitro benzene ring substituents is 1. The minimum absolute atomic E-state index is 0.0193. The van der Waals surface area contributed by atoms with Gasteiger partial charge in [-0.05, 0) is 42.3 Å². The van der Waals surface area contributed by atoms with Gasteiger partial charge in [-0.25, -0.2) is 4.39 Å². The second-order valence-electron chi connectivity index (χ2n) is 4.41. The van der Waals surface area contributed by atoms with Gasteiger partial charge in [-0.15, -0.1) is 0 Å². The average molecular weight is 306 g/mol. The van der Waals surface area contributed by atoms with Crippen molar-refractivity contribution < 1.29 is 14.1 Å². The van der Waals surface area contributed by atoms with Crippen molar-refractivity contribution in [2.45, 2.75) is 4.90 Å². The first-order valence-corrected chi connectivity index (χ1v) is 7.03. The number of halogens is 1. The molecule has 2 aromatic rings. The second-order valence-corrected chi connectivity index (χ2v) is 5.47. The Morgan fingerprint density at radius 2 is 2.00 bits per heavy atom. The van der Waals surface area contributed by atoms with Crippen molar-refractivity contribution in [3.8, 4) is 5.75 Å². The van der Waals surface area contributed by atoms with Crippen LogP contribution in [-0.2, 0) is 0 Å². The first kappa shape index (κ1) is 13.7. The standard InChI is InChI=1S/C14H11FN2O3S/c15-10-1-3-11(4-2-10)16-7-8-20-13-6-5-12(17(18)19)9-14(13)21-16/h1-6,9H,7-8H2. The third kappa shape index (κ3) is 2.92. The van der Waals surface area contributed by atoms with E-state index in [4.69, 9.17) is 4.74 Å². The van der Waals surface area contributed by atoms with Crippen LogP contribution in [-0.4, -0.2) is 18.1 Å². The summed E-state index contributed by atoms with van der Waals surface area (Å²) in [6.07, 6.45) is 0. The smallest absolute Gasteiger partial charge is 0.270 e. The van der Waals surface area contributed by atoms with E-state index < -0.39 is 4.92 Å². The van der Waals surface area contributed by atoms with E-state index >= 15 is 0 Å². The Bertz CT molecular complexity index is 678. The van der Waals surface area contributed by atoms with E-state index in [0.717, 1.165) is 5.69 Å². The molecule has 0 radical (unpaired) electrons. The molecule has 108 valence electrons. The van der Waals surface area contributed by atoms with Crippen LogP contribution in [0.4, 0.5) is 15.8 Å². The van der Waals surface area contributed by atoms with Gasteiger partial charge in [-0.3, -0.25) is 10.1 Å². The topological polar surface area (TPSA) is 55.6 Å². The largest absolute Gasteiger partial charge is 0.490 e. The molecule has 0 saturated heterocycles. The van der Waals surface area contributed by atoms with Gasteiger partial charge in [0.25, 0.3) is 5.69 Å². The third-order valence-electron chi connectivity index (χ3n) is 3.01. The second kappa shape index (κ2) is 5.61. The molecule has 21 heavy (non-hydrogen) atoms. The van der Waals surface area contributed by atoms with Crippen molar-refractivity contribution >= 4 is 23.3 Å². The summed E-state index contributed by atoms with van der Waals surface area (Å²) >= 11 is 1.35. The van der Waals surface area contributed by atoms with Gasteiger partial charge in [0.2, 0.25) is 0 Å². The van der Waals surface area contributed by atoms with Crippen LogP contribution in [0.25, 0.3) is 0 Å². The van der Waals surface area contributed by atoms with E-state index in [1.807, 2.05) is 4.31 Å². The van der Waals surface area contributed by atoms with E-state index in [1.165, 1.54) is 36.2 Å². The molecule has 1 aliphatic heterocycles. The van der Waals surface area contributed by atoms with Crippen LogP contribution < -0.4 is 9.04 Å². The van der Waals surface area contributed by atoms with Crippen LogP contribution in [0.15, 0.2) is 47.4 Å². The highest BCUT2D eigenvalue weighted by Crippen LogP contribution is 2.38. The van der Waals surface area contributed by atoms with E-state index in [9.17, 15) is 14.5 Å². The van der Waals surface area contributed by atoms with Crippen LogP contribution in [0.3, 0.4) is 0 Å². The highest BCUT2D eigenvalue weighted by Gasteiger charge is 2.20. The molecule has 5 nitrogen and oxygen atoms in total. The Hall–Kier alpha value is -2.28. The molecule has 0 spiro atoms. The number of nitro groups is 1. The molecular weight excluding hydrogens is 295 g/mol. The molecule has 0 unspecified atom stereocenters. The van der Waals surface area contributed by atoms with Gasteiger partial charge in [0, 0.05) is 17.8 Å². The summed E-state index contributed by atoms with van der Waals surface area (Å²) in [5.74, 6) is 0.320. The molecule has 0 atom stereocenters. The lowest BCUT2D eigenvalue weighted by Gasteiger charge is -2.20. The number of ether oxygens (including phenoxy) is 1. The number of fused-ring (bicyclic) bond motifs is 1. The van der Waals surface area contributed by atoms with Crippen molar-refractivity contribution in [3.63, 3.8) is 0 Å². The normalized spacial score (nSPS) is 14.0. The fraction of sp³-hybridized carbons (Fsp3) is 0.143. The molecular formula is C14H11FN2O3S. The Morgan fingerprint density at radius 3 is 2.71 bits per heavy atom. The number of hydrogen-bond donors (Lipinski definition) is 0. The Balaban J connectivity index is 1.92. The summed E-state index contributed by atoms with van der Waals surface area (Å²) in [4.78, 5) is 11.1. The van der Waals surface area contributed by atoms with E-state index in [0.29, 0.717) is 23.8 Å². The lowest BCUT2D eigenvalue weighted by molar-refractivity contribution is -0.385. The Labute approximate surface area is 124 Å². The van der Waals surface area contributed by atoms with Gasteiger partial charge in [-0.1, -0.05) is 0 Å². The van der Waals surface area contributed by atoms with Gasteiger partial charge < -0.3 is 9.04 Å². The number of non-ortho nitro benzene ring substituents is 1. The molecule has 2 aromatic carbocycles. The number of nitrogens with zero attached hydrogens (tertiary/aromatic N) is 2. The van der Waals surface area contributed by atoms with Crippen molar-refractivity contribution in [2.24, 2.45) is 0 Å². The zero-order valence-corrected chi connectivity index (χ0v) is 11.7. The summed E-state index contributed by atoms with van der Waals surface area (Å²) in [6.45, 7) is 1.05. The fourth-order valence-corrected chi connectivity index (χ4v) is 3.01. The van der Waals surface area contributed by atoms with Gasteiger partial charge in [0.1, 0.15) is 18.2 Å². The molecule has 0 aromatic heterocycles. The highest BCUT2D eigenvalue weighted by molar-refractivity contribution is 8.00. The molecule has 7 heteroatoms. The number of benzene rings is 2. The number of rotatable bonds is 2. The van der Waals surface area contributed by atoms with E-state index in [1.54, 1.807) is 18.2 Å². The maximum atomic E-state index is 13.0. The monoisotopic (exact) mass is 306 g/mol. The SMILES string of the molecule is O=[N+]([O-])c1ccc2c(c1)SN(c1ccc(F)cc1)CCO2. The predicted octanol–water partition coefficient (Wildman–Crippen LogP) is 3.64.